The minimum Gasteiger partial charge on any atom is -0.463 e. The standard InChI is InChI=1S/C16H22O5/c1-11(9-12(2)17)10-19-15(18)16(13(3)20-21-16)14-7-5-4-6-8-14/h4-8,11-13,17H,9-10H2,1-3H3. The van der Waals surface area contributed by atoms with Gasteiger partial charge in [0.25, 0.3) is 5.60 Å². The lowest BCUT2D eigenvalue weighted by Crippen LogP contribution is -2.58. The molecule has 0 saturated carbocycles. The molecular formula is C16H22O5. The van der Waals surface area contributed by atoms with Gasteiger partial charge in [0.05, 0.1) is 12.7 Å². The molecule has 5 heteroatoms. The molecule has 1 heterocycles. The minimum absolute atomic E-state index is 0.0816. The van der Waals surface area contributed by atoms with Crippen molar-refractivity contribution >= 4 is 5.97 Å². The van der Waals surface area contributed by atoms with Crippen molar-refractivity contribution in [1.29, 1.82) is 0 Å². The van der Waals surface area contributed by atoms with E-state index < -0.39 is 23.8 Å². The molecule has 5 nitrogen and oxygen atoms in total. The number of aliphatic hydroxyl groups is 1. The maximum Gasteiger partial charge on any atom is 0.349 e. The van der Waals surface area contributed by atoms with Crippen LogP contribution in [0.25, 0.3) is 0 Å². The zero-order chi connectivity index (χ0) is 15.5. The molecule has 1 aliphatic heterocycles. The molecule has 2 rings (SSSR count). The molecule has 0 bridgehead atoms. The second-order valence-corrected chi connectivity index (χ2v) is 5.71. The number of ether oxygens (including phenoxy) is 1. The van der Waals surface area contributed by atoms with Gasteiger partial charge in [-0.3, -0.25) is 0 Å². The van der Waals surface area contributed by atoms with Gasteiger partial charge >= 0.3 is 5.97 Å². The van der Waals surface area contributed by atoms with E-state index in [1.807, 2.05) is 37.3 Å². The van der Waals surface area contributed by atoms with Gasteiger partial charge in [-0.1, -0.05) is 37.3 Å². The maximum atomic E-state index is 12.5. The lowest BCUT2D eigenvalue weighted by atomic mass is 9.87. The van der Waals surface area contributed by atoms with Gasteiger partial charge < -0.3 is 9.84 Å². The Morgan fingerprint density at radius 1 is 1.38 bits per heavy atom. The van der Waals surface area contributed by atoms with E-state index in [-0.39, 0.29) is 12.5 Å². The molecule has 4 atom stereocenters. The van der Waals surface area contributed by atoms with E-state index in [1.165, 1.54) is 0 Å². The summed E-state index contributed by atoms with van der Waals surface area (Å²) in [6.07, 6.45) is -0.234. The number of carbonyl (C=O) groups is 1. The van der Waals surface area contributed by atoms with E-state index >= 15 is 0 Å². The zero-order valence-corrected chi connectivity index (χ0v) is 12.6. The number of rotatable bonds is 6. The first-order valence-electron chi connectivity index (χ1n) is 7.22. The van der Waals surface area contributed by atoms with E-state index in [2.05, 4.69) is 0 Å². The van der Waals surface area contributed by atoms with Crippen LogP contribution in [0.4, 0.5) is 0 Å². The minimum atomic E-state index is -1.19. The van der Waals surface area contributed by atoms with E-state index in [4.69, 9.17) is 14.5 Å². The Labute approximate surface area is 124 Å². The number of carbonyl (C=O) groups excluding carboxylic acids is 1. The van der Waals surface area contributed by atoms with Crippen LogP contribution in [0, 0.1) is 5.92 Å². The van der Waals surface area contributed by atoms with Crippen LogP contribution in [0.1, 0.15) is 32.8 Å². The Morgan fingerprint density at radius 2 is 2.05 bits per heavy atom. The van der Waals surface area contributed by atoms with Crippen LogP contribution in [-0.2, 0) is 24.9 Å². The molecule has 116 valence electrons. The summed E-state index contributed by atoms with van der Waals surface area (Å²) in [6, 6.07) is 9.19. The van der Waals surface area contributed by atoms with Crippen molar-refractivity contribution in [3.05, 3.63) is 35.9 Å². The summed E-state index contributed by atoms with van der Waals surface area (Å²) in [7, 11) is 0. The molecule has 0 spiro atoms. The van der Waals surface area contributed by atoms with Gasteiger partial charge in [-0.05, 0) is 26.2 Å². The van der Waals surface area contributed by atoms with Gasteiger partial charge in [0.15, 0.2) is 0 Å². The fourth-order valence-corrected chi connectivity index (χ4v) is 2.50. The zero-order valence-electron chi connectivity index (χ0n) is 12.6. The van der Waals surface area contributed by atoms with E-state index in [0.717, 1.165) is 5.56 Å². The molecule has 1 aliphatic rings. The van der Waals surface area contributed by atoms with Gasteiger partial charge in [-0.25, -0.2) is 14.6 Å². The molecule has 1 saturated heterocycles. The van der Waals surface area contributed by atoms with Crippen LogP contribution >= 0.6 is 0 Å². The van der Waals surface area contributed by atoms with E-state index in [1.54, 1.807) is 13.8 Å². The van der Waals surface area contributed by atoms with Crippen LogP contribution in [-0.4, -0.2) is 29.9 Å². The Kier molecular flexibility index (Phi) is 4.98. The second kappa shape index (κ2) is 6.56. The fraction of sp³-hybridized carbons (Fsp3) is 0.562. The van der Waals surface area contributed by atoms with Crippen LogP contribution in [0.3, 0.4) is 0 Å². The second-order valence-electron chi connectivity index (χ2n) is 5.71. The SMILES string of the molecule is CC(O)CC(C)COC(=O)C1(c2ccccc2)OOC1C. The molecule has 1 aromatic carbocycles. The lowest BCUT2D eigenvalue weighted by Gasteiger charge is -2.43. The van der Waals surface area contributed by atoms with Gasteiger partial charge in [0.1, 0.15) is 6.10 Å². The average molecular weight is 294 g/mol. The molecule has 1 fully saturated rings. The Hall–Kier alpha value is -1.43. The molecule has 1 N–H and O–H groups in total. The van der Waals surface area contributed by atoms with Crippen LogP contribution in [0.15, 0.2) is 30.3 Å². The predicted molar refractivity (Wildman–Crippen MR) is 76.2 cm³/mol. The van der Waals surface area contributed by atoms with E-state index in [0.29, 0.717) is 6.42 Å². The molecule has 0 aromatic heterocycles. The third-order valence-electron chi connectivity index (χ3n) is 3.64. The number of hydrogen-bond donors (Lipinski definition) is 1. The lowest BCUT2D eigenvalue weighted by molar-refractivity contribution is -0.500. The average Bonchev–Trinajstić information content (AvgIpc) is 2.44. The smallest absolute Gasteiger partial charge is 0.349 e. The van der Waals surface area contributed by atoms with Crippen molar-refractivity contribution < 1.29 is 24.4 Å². The molecule has 21 heavy (non-hydrogen) atoms. The number of aliphatic hydroxyl groups excluding tert-OH is 1. The maximum absolute atomic E-state index is 12.5. The highest BCUT2D eigenvalue weighted by atomic mass is 17.3. The molecule has 0 amide bonds. The summed E-state index contributed by atoms with van der Waals surface area (Å²) in [5.74, 6) is -0.372. The van der Waals surface area contributed by atoms with E-state index in [9.17, 15) is 9.90 Å². The summed E-state index contributed by atoms with van der Waals surface area (Å²) in [6.45, 7) is 5.66. The molecule has 0 aliphatic carbocycles. The van der Waals surface area contributed by atoms with Crippen molar-refractivity contribution in [3.8, 4) is 0 Å². The van der Waals surface area contributed by atoms with Crippen LogP contribution < -0.4 is 0 Å². The Morgan fingerprint density at radius 3 is 2.52 bits per heavy atom. The third-order valence-corrected chi connectivity index (χ3v) is 3.64. The number of benzene rings is 1. The predicted octanol–water partition coefficient (Wildman–Crippen LogP) is 2.18. The first-order chi connectivity index (χ1) is 9.96. The molecule has 0 radical (unpaired) electrons. The molecule has 1 aromatic rings. The summed E-state index contributed by atoms with van der Waals surface area (Å²) in [5, 5.41) is 9.34. The summed E-state index contributed by atoms with van der Waals surface area (Å²) >= 11 is 0. The Bertz CT molecular complexity index is 473. The van der Waals surface area contributed by atoms with Crippen molar-refractivity contribution in [3.63, 3.8) is 0 Å². The van der Waals surface area contributed by atoms with Crippen molar-refractivity contribution in [2.45, 2.75) is 45.0 Å². The van der Waals surface area contributed by atoms with Gasteiger partial charge in [0.2, 0.25) is 0 Å². The quantitative estimate of drug-likeness (QED) is 0.643. The van der Waals surface area contributed by atoms with Gasteiger partial charge in [0, 0.05) is 5.56 Å². The topological polar surface area (TPSA) is 65.0 Å². The van der Waals surface area contributed by atoms with Gasteiger partial charge in [-0.2, -0.15) is 0 Å². The van der Waals surface area contributed by atoms with Crippen LogP contribution in [0.2, 0.25) is 0 Å². The summed E-state index contributed by atoms with van der Waals surface area (Å²) in [4.78, 5) is 22.6. The molecule has 4 unspecified atom stereocenters. The summed E-state index contributed by atoms with van der Waals surface area (Å²) in [5.41, 5.74) is -0.469. The normalized spacial score (nSPS) is 27.5. The highest BCUT2D eigenvalue weighted by molar-refractivity contribution is 5.82. The highest BCUT2D eigenvalue weighted by Gasteiger charge is 2.58. The monoisotopic (exact) mass is 294 g/mol. The number of hydrogen-bond acceptors (Lipinski definition) is 5. The summed E-state index contributed by atoms with van der Waals surface area (Å²) < 4.78 is 5.38. The number of esters is 1. The first-order valence-corrected chi connectivity index (χ1v) is 7.22. The highest BCUT2D eigenvalue weighted by Crippen LogP contribution is 2.41. The van der Waals surface area contributed by atoms with Gasteiger partial charge in [-0.15, -0.1) is 0 Å². The van der Waals surface area contributed by atoms with Crippen LogP contribution in [0.5, 0.6) is 0 Å². The first kappa shape index (κ1) is 15.9. The fourth-order valence-electron chi connectivity index (χ4n) is 2.50. The van der Waals surface area contributed by atoms with Crippen molar-refractivity contribution in [2.24, 2.45) is 5.92 Å². The van der Waals surface area contributed by atoms with Crippen molar-refractivity contribution in [2.75, 3.05) is 6.61 Å². The third kappa shape index (κ3) is 3.26. The molecular weight excluding hydrogens is 272 g/mol. The Balaban J connectivity index is 2.04. The largest absolute Gasteiger partial charge is 0.463 e. The van der Waals surface area contributed by atoms with Crippen molar-refractivity contribution in [1.82, 2.24) is 0 Å².